The van der Waals surface area contributed by atoms with Crippen LogP contribution in [0.2, 0.25) is 0 Å². The topological polar surface area (TPSA) is 79.8 Å². The number of nitrogens with zero attached hydrogens (tertiary/aromatic N) is 5. The minimum absolute atomic E-state index is 0.687. The van der Waals surface area contributed by atoms with Gasteiger partial charge in [0.15, 0.2) is 0 Å². The fourth-order valence-electron chi connectivity index (χ4n) is 3.33. The van der Waals surface area contributed by atoms with E-state index in [1.165, 1.54) is 0 Å². The summed E-state index contributed by atoms with van der Waals surface area (Å²) >= 11 is 0. The Bertz CT molecular complexity index is 1060. The van der Waals surface area contributed by atoms with Crippen molar-refractivity contribution in [3.63, 3.8) is 0 Å². The van der Waals surface area contributed by atoms with Crippen LogP contribution >= 0.6 is 0 Å². The summed E-state index contributed by atoms with van der Waals surface area (Å²) in [7, 11) is 0. The van der Waals surface area contributed by atoms with Crippen LogP contribution in [-0.2, 0) is 4.74 Å². The predicted molar refractivity (Wildman–Crippen MR) is 103 cm³/mol. The Morgan fingerprint density at radius 3 is 2.59 bits per heavy atom. The lowest BCUT2D eigenvalue weighted by atomic mass is 10.1. The largest absolute Gasteiger partial charge is 0.378 e. The number of aromatic nitrogens is 5. The normalized spacial score (nSPS) is 14.6. The Morgan fingerprint density at radius 2 is 1.81 bits per heavy atom. The lowest BCUT2D eigenvalue weighted by Gasteiger charge is -2.27. The lowest BCUT2D eigenvalue weighted by Crippen LogP contribution is -2.37. The molecule has 1 aliphatic heterocycles. The number of H-pyrrole nitrogens is 1. The number of nitrogens with one attached hydrogen (secondary N) is 1. The first-order valence-electron chi connectivity index (χ1n) is 8.94. The van der Waals surface area contributed by atoms with Crippen molar-refractivity contribution in [3.8, 4) is 22.5 Å². The molecule has 5 rings (SSSR count). The molecule has 4 aromatic rings. The molecule has 0 aliphatic carbocycles. The highest BCUT2D eigenvalue weighted by molar-refractivity contribution is 5.99. The van der Waals surface area contributed by atoms with E-state index < -0.39 is 0 Å². The smallest absolute Gasteiger partial charge is 0.226 e. The number of hydrogen-bond donors (Lipinski definition) is 1. The van der Waals surface area contributed by atoms with Crippen molar-refractivity contribution in [2.75, 3.05) is 31.2 Å². The number of pyridine rings is 2. The summed E-state index contributed by atoms with van der Waals surface area (Å²) in [6, 6.07) is 9.81. The van der Waals surface area contributed by atoms with Gasteiger partial charge in [-0.1, -0.05) is 6.07 Å². The number of morpholine rings is 1. The van der Waals surface area contributed by atoms with Gasteiger partial charge in [-0.3, -0.25) is 9.97 Å². The van der Waals surface area contributed by atoms with Crippen molar-refractivity contribution < 1.29 is 4.74 Å². The van der Waals surface area contributed by atoms with Gasteiger partial charge in [0.25, 0.3) is 0 Å². The van der Waals surface area contributed by atoms with Crippen molar-refractivity contribution >= 4 is 17.0 Å². The predicted octanol–water partition coefficient (Wildman–Crippen LogP) is 2.92. The summed E-state index contributed by atoms with van der Waals surface area (Å²) < 4.78 is 5.48. The molecule has 0 amide bonds. The zero-order valence-electron chi connectivity index (χ0n) is 14.7. The Kier molecular flexibility index (Phi) is 3.99. The highest BCUT2D eigenvalue weighted by Gasteiger charge is 2.20. The molecule has 4 aromatic heterocycles. The molecule has 5 heterocycles. The van der Waals surface area contributed by atoms with E-state index in [2.05, 4.69) is 19.9 Å². The molecule has 1 fully saturated rings. The number of ether oxygens (including phenoxy) is 1. The summed E-state index contributed by atoms with van der Waals surface area (Å²) in [6.07, 6.45) is 7.30. The molecule has 1 N–H and O–H groups in total. The van der Waals surface area contributed by atoms with Gasteiger partial charge in [-0.2, -0.15) is 0 Å². The lowest BCUT2D eigenvalue weighted by molar-refractivity contribution is 0.122. The third-order valence-corrected chi connectivity index (χ3v) is 4.70. The van der Waals surface area contributed by atoms with Crippen molar-refractivity contribution in [1.82, 2.24) is 24.9 Å². The minimum Gasteiger partial charge on any atom is -0.378 e. The summed E-state index contributed by atoms with van der Waals surface area (Å²) in [4.78, 5) is 23.9. The van der Waals surface area contributed by atoms with Gasteiger partial charge in [0.2, 0.25) is 5.95 Å². The minimum atomic E-state index is 0.687. The molecule has 0 saturated carbocycles. The maximum absolute atomic E-state index is 5.48. The van der Waals surface area contributed by atoms with Crippen molar-refractivity contribution in [3.05, 3.63) is 55.1 Å². The van der Waals surface area contributed by atoms with Crippen LogP contribution < -0.4 is 4.90 Å². The standard InChI is InChI=1S/C20H18N6O/c1-2-6-22-16(3-1)15-13-23-19-17(14-4-7-21-8-5-14)24-20(25-18(15)19)26-9-11-27-12-10-26/h1-8,13,23H,9-12H2. The van der Waals surface area contributed by atoms with Gasteiger partial charge in [0.1, 0.15) is 11.2 Å². The molecule has 27 heavy (non-hydrogen) atoms. The fourth-order valence-corrected chi connectivity index (χ4v) is 3.33. The first-order chi connectivity index (χ1) is 13.4. The van der Waals surface area contributed by atoms with E-state index in [1.54, 1.807) is 18.6 Å². The maximum Gasteiger partial charge on any atom is 0.226 e. The van der Waals surface area contributed by atoms with Crippen LogP contribution in [0.1, 0.15) is 0 Å². The van der Waals surface area contributed by atoms with E-state index in [9.17, 15) is 0 Å². The Hall–Kier alpha value is -3.32. The molecule has 7 nitrogen and oxygen atoms in total. The molecule has 0 unspecified atom stereocenters. The molecule has 1 saturated heterocycles. The monoisotopic (exact) mass is 358 g/mol. The van der Waals surface area contributed by atoms with Gasteiger partial charge < -0.3 is 14.6 Å². The Balaban J connectivity index is 1.74. The van der Waals surface area contributed by atoms with Crippen LogP contribution in [0.4, 0.5) is 5.95 Å². The van der Waals surface area contributed by atoms with E-state index in [4.69, 9.17) is 14.7 Å². The number of anilines is 1. The van der Waals surface area contributed by atoms with Crippen LogP contribution in [0, 0.1) is 0 Å². The molecule has 0 aromatic carbocycles. The summed E-state index contributed by atoms with van der Waals surface area (Å²) in [6.45, 7) is 2.94. The van der Waals surface area contributed by atoms with E-state index in [1.807, 2.05) is 36.5 Å². The first kappa shape index (κ1) is 15.9. The van der Waals surface area contributed by atoms with E-state index in [-0.39, 0.29) is 0 Å². The van der Waals surface area contributed by atoms with E-state index in [0.717, 1.165) is 52.6 Å². The van der Waals surface area contributed by atoms with Crippen LogP contribution in [0.15, 0.2) is 55.1 Å². The van der Waals surface area contributed by atoms with E-state index in [0.29, 0.717) is 13.2 Å². The van der Waals surface area contributed by atoms with Crippen molar-refractivity contribution in [2.45, 2.75) is 0 Å². The SMILES string of the molecule is c1ccc(-c2c[nH]c3c(-c4ccncc4)nc(N4CCOCC4)nc23)nc1. The van der Waals surface area contributed by atoms with Gasteiger partial charge in [-0.15, -0.1) is 0 Å². The first-order valence-corrected chi connectivity index (χ1v) is 8.94. The van der Waals surface area contributed by atoms with Gasteiger partial charge in [0.05, 0.1) is 24.4 Å². The summed E-state index contributed by atoms with van der Waals surface area (Å²) in [5.41, 5.74) is 5.50. The highest BCUT2D eigenvalue weighted by atomic mass is 16.5. The quantitative estimate of drug-likeness (QED) is 0.607. The Morgan fingerprint density at radius 1 is 0.963 bits per heavy atom. The van der Waals surface area contributed by atoms with Crippen LogP contribution in [0.25, 0.3) is 33.5 Å². The molecule has 1 aliphatic rings. The van der Waals surface area contributed by atoms with Gasteiger partial charge in [-0.05, 0) is 24.3 Å². The number of fused-ring (bicyclic) bond motifs is 1. The van der Waals surface area contributed by atoms with Crippen LogP contribution in [0.5, 0.6) is 0 Å². The Labute approximate surface area is 156 Å². The van der Waals surface area contributed by atoms with Crippen molar-refractivity contribution in [1.29, 1.82) is 0 Å². The molecule has 134 valence electrons. The second kappa shape index (κ2) is 6.77. The molecule has 0 atom stereocenters. The van der Waals surface area contributed by atoms with Crippen LogP contribution in [-0.4, -0.2) is 51.2 Å². The second-order valence-electron chi connectivity index (χ2n) is 6.35. The van der Waals surface area contributed by atoms with Gasteiger partial charge >= 0.3 is 0 Å². The zero-order chi connectivity index (χ0) is 18.1. The number of aromatic amines is 1. The molecule has 7 heteroatoms. The molecule has 0 bridgehead atoms. The molecular formula is C20H18N6O. The maximum atomic E-state index is 5.48. The fraction of sp³-hybridized carbons (Fsp3) is 0.200. The second-order valence-corrected chi connectivity index (χ2v) is 6.35. The van der Waals surface area contributed by atoms with Gasteiger partial charge in [0, 0.05) is 49.0 Å². The molecule has 0 spiro atoms. The molecule has 0 radical (unpaired) electrons. The van der Waals surface area contributed by atoms with Crippen molar-refractivity contribution in [2.24, 2.45) is 0 Å². The number of hydrogen-bond acceptors (Lipinski definition) is 6. The van der Waals surface area contributed by atoms with E-state index >= 15 is 0 Å². The summed E-state index contributed by atoms with van der Waals surface area (Å²) in [5.74, 6) is 0.717. The number of rotatable bonds is 3. The van der Waals surface area contributed by atoms with Gasteiger partial charge in [-0.25, -0.2) is 9.97 Å². The zero-order valence-corrected chi connectivity index (χ0v) is 14.7. The third-order valence-electron chi connectivity index (χ3n) is 4.70. The summed E-state index contributed by atoms with van der Waals surface area (Å²) in [5, 5.41) is 0. The van der Waals surface area contributed by atoms with Crippen LogP contribution in [0.3, 0.4) is 0 Å². The average Bonchev–Trinajstić information content (AvgIpc) is 3.19. The third kappa shape index (κ3) is 2.92. The highest BCUT2D eigenvalue weighted by Crippen LogP contribution is 2.33. The molecular weight excluding hydrogens is 340 g/mol. The average molecular weight is 358 g/mol.